The number of piperidine rings is 2. The standard InChI is InChI=1S/C24H36FN3O2/c1-17(2)22(26-23(29)20-4-6-21(25)7-5-20)24(30)28-14-10-19(11-15-28)16-27-12-8-18(3)9-13-27/h4-7,17-19,22H,8-16H2,1-3H3,(H,26,29)/t22-/m0/s1. The van der Waals surface area contributed by atoms with Crippen molar-refractivity contribution in [1.82, 2.24) is 15.1 Å². The summed E-state index contributed by atoms with van der Waals surface area (Å²) in [6, 6.07) is 4.84. The molecule has 2 saturated heterocycles. The highest BCUT2D eigenvalue weighted by Gasteiger charge is 2.32. The quantitative estimate of drug-likeness (QED) is 0.770. The van der Waals surface area contributed by atoms with Gasteiger partial charge in [0.05, 0.1) is 0 Å². The number of hydrogen-bond donors (Lipinski definition) is 1. The van der Waals surface area contributed by atoms with Gasteiger partial charge in [0, 0.05) is 25.2 Å². The van der Waals surface area contributed by atoms with E-state index in [1.165, 1.54) is 50.2 Å². The van der Waals surface area contributed by atoms with Crippen LogP contribution in [-0.2, 0) is 4.79 Å². The lowest BCUT2D eigenvalue weighted by atomic mass is 9.92. The van der Waals surface area contributed by atoms with Gasteiger partial charge < -0.3 is 15.1 Å². The molecule has 166 valence electrons. The molecule has 1 atom stereocenters. The van der Waals surface area contributed by atoms with Crippen molar-refractivity contribution >= 4 is 11.8 Å². The molecule has 0 bridgehead atoms. The number of rotatable bonds is 6. The van der Waals surface area contributed by atoms with Gasteiger partial charge in [-0.2, -0.15) is 0 Å². The van der Waals surface area contributed by atoms with E-state index in [0.717, 1.165) is 38.4 Å². The molecular formula is C24H36FN3O2. The summed E-state index contributed by atoms with van der Waals surface area (Å²) < 4.78 is 13.1. The van der Waals surface area contributed by atoms with Crippen molar-refractivity contribution < 1.29 is 14.0 Å². The van der Waals surface area contributed by atoms with Gasteiger partial charge in [-0.1, -0.05) is 20.8 Å². The van der Waals surface area contributed by atoms with E-state index in [-0.39, 0.29) is 23.5 Å². The molecule has 0 radical (unpaired) electrons. The predicted octanol–water partition coefficient (Wildman–Crippen LogP) is 3.55. The van der Waals surface area contributed by atoms with E-state index >= 15 is 0 Å². The van der Waals surface area contributed by atoms with Crippen LogP contribution in [0.3, 0.4) is 0 Å². The van der Waals surface area contributed by atoms with E-state index in [4.69, 9.17) is 0 Å². The maximum Gasteiger partial charge on any atom is 0.251 e. The molecule has 2 heterocycles. The molecule has 6 heteroatoms. The van der Waals surface area contributed by atoms with Crippen molar-refractivity contribution in [2.24, 2.45) is 17.8 Å². The van der Waals surface area contributed by atoms with E-state index in [9.17, 15) is 14.0 Å². The molecule has 1 aromatic rings. The Morgan fingerprint density at radius 2 is 1.63 bits per heavy atom. The summed E-state index contributed by atoms with van der Waals surface area (Å²) in [5, 5.41) is 2.87. The molecule has 0 aromatic heterocycles. The first-order valence-electron chi connectivity index (χ1n) is 11.4. The minimum absolute atomic E-state index is 0.00860. The highest BCUT2D eigenvalue weighted by Crippen LogP contribution is 2.23. The largest absolute Gasteiger partial charge is 0.341 e. The molecule has 1 N–H and O–H groups in total. The second-order valence-electron chi connectivity index (χ2n) is 9.45. The Hall–Kier alpha value is -1.95. The maximum atomic E-state index is 13.1. The lowest BCUT2D eigenvalue weighted by Crippen LogP contribution is -2.53. The summed E-state index contributed by atoms with van der Waals surface area (Å²) in [5.74, 6) is 0.745. The van der Waals surface area contributed by atoms with Crippen LogP contribution in [0.4, 0.5) is 4.39 Å². The van der Waals surface area contributed by atoms with Gasteiger partial charge in [0.2, 0.25) is 5.91 Å². The van der Waals surface area contributed by atoms with E-state index < -0.39 is 6.04 Å². The first-order chi connectivity index (χ1) is 14.3. The number of halogens is 1. The number of carbonyl (C=O) groups is 2. The second-order valence-corrected chi connectivity index (χ2v) is 9.45. The summed E-state index contributed by atoms with van der Waals surface area (Å²) in [7, 11) is 0. The number of amides is 2. The SMILES string of the molecule is CC1CCN(CC2CCN(C(=O)[C@@H](NC(=O)c3ccc(F)cc3)C(C)C)CC2)CC1. The van der Waals surface area contributed by atoms with Crippen molar-refractivity contribution in [3.05, 3.63) is 35.6 Å². The predicted molar refractivity (Wildman–Crippen MR) is 117 cm³/mol. The van der Waals surface area contributed by atoms with Gasteiger partial charge in [0.1, 0.15) is 11.9 Å². The summed E-state index contributed by atoms with van der Waals surface area (Å²) in [6.45, 7) is 11.3. The molecule has 0 saturated carbocycles. The number of benzene rings is 1. The summed E-state index contributed by atoms with van der Waals surface area (Å²) in [5.41, 5.74) is 0.365. The van der Waals surface area contributed by atoms with E-state index in [1.54, 1.807) is 0 Å². The summed E-state index contributed by atoms with van der Waals surface area (Å²) in [4.78, 5) is 30.2. The van der Waals surface area contributed by atoms with Crippen molar-refractivity contribution in [3.8, 4) is 0 Å². The third-order valence-corrected chi connectivity index (χ3v) is 6.64. The zero-order valence-corrected chi connectivity index (χ0v) is 18.6. The van der Waals surface area contributed by atoms with Crippen LogP contribution < -0.4 is 5.32 Å². The molecule has 0 unspecified atom stereocenters. The maximum absolute atomic E-state index is 13.1. The average molecular weight is 418 g/mol. The van der Waals surface area contributed by atoms with Crippen molar-refractivity contribution in [2.75, 3.05) is 32.7 Å². The third-order valence-electron chi connectivity index (χ3n) is 6.64. The van der Waals surface area contributed by atoms with Gasteiger partial charge in [-0.05, 0) is 80.8 Å². The van der Waals surface area contributed by atoms with Gasteiger partial charge in [0.25, 0.3) is 5.91 Å². The van der Waals surface area contributed by atoms with Crippen LogP contribution >= 0.6 is 0 Å². The van der Waals surface area contributed by atoms with Gasteiger partial charge in [-0.15, -0.1) is 0 Å². The van der Waals surface area contributed by atoms with Crippen LogP contribution in [0.2, 0.25) is 0 Å². The van der Waals surface area contributed by atoms with Crippen molar-refractivity contribution in [2.45, 2.75) is 52.5 Å². The molecule has 30 heavy (non-hydrogen) atoms. The first-order valence-corrected chi connectivity index (χ1v) is 11.4. The molecule has 2 amide bonds. The van der Waals surface area contributed by atoms with Crippen LogP contribution in [0.15, 0.2) is 24.3 Å². The van der Waals surface area contributed by atoms with Crippen LogP contribution in [0, 0.1) is 23.6 Å². The van der Waals surface area contributed by atoms with Gasteiger partial charge >= 0.3 is 0 Å². The molecule has 2 aliphatic heterocycles. The minimum atomic E-state index is -0.567. The second kappa shape index (κ2) is 10.4. The molecule has 3 rings (SSSR count). The molecule has 0 spiro atoms. The Bertz CT molecular complexity index is 706. The van der Waals surface area contributed by atoms with Crippen LogP contribution in [0.1, 0.15) is 56.8 Å². The highest BCUT2D eigenvalue weighted by atomic mass is 19.1. The van der Waals surface area contributed by atoms with Gasteiger partial charge in [-0.3, -0.25) is 9.59 Å². The lowest BCUT2D eigenvalue weighted by molar-refractivity contribution is -0.135. The van der Waals surface area contributed by atoms with E-state index in [2.05, 4.69) is 17.1 Å². The molecule has 0 aliphatic carbocycles. The fraction of sp³-hybridized carbons (Fsp3) is 0.667. The number of nitrogens with one attached hydrogen (secondary N) is 1. The normalized spacial score (nSPS) is 20.4. The topological polar surface area (TPSA) is 52.6 Å². The number of nitrogens with zero attached hydrogens (tertiary/aromatic N) is 2. The zero-order chi connectivity index (χ0) is 21.7. The molecular weight excluding hydrogens is 381 g/mol. The van der Waals surface area contributed by atoms with Crippen LogP contribution in [-0.4, -0.2) is 60.4 Å². The molecule has 5 nitrogen and oxygen atoms in total. The Kier molecular flexibility index (Phi) is 7.87. The molecule has 1 aromatic carbocycles. The van der Waals surface area contributed by atoms with Crippen LogP contribution in [0.5, 0.6) is 0 Å². The third kappa shape index (κ3) is 6.03. The smallest absolute Gasteiger partial charge is 0.251 e. The Labute approximate surface area is 180 Å². The van der Waals surface area contributed by atoms with Gasteiger partial charge in [0.15, 0.2) is 0 Å². The first kappa shape index (κ1) is 22.7. The van der Waals surface area contributed by atoms with E-state index in [0.29, 0.717) is 11.5 Å². The van der Waals surface area contributed by atoms with E-state index in [1.807, 2.05) is 18.7 Å². The lowest BCUT2D eigenvalue weighted by Gasteiger charge is -2.38. The molecule has 2 aliphatic rings. The zero-order valence-electron chi connectivity index (χ0n) is 18.6. The fourth-order valence-corrected chi connectivity index (χ4v) is 4.48. The van der Waals surface area contributed by atoms with Crippen LogP contribution in [0.25, 0.3) is 0 Å². The molecule has 2 fully saturated rings. The highest BCUT2D eigenvalue weighted by molar-refractivity contribution is 5.97. The summed E-state index contributed by atoms with van der Waals surface area (Å²) in [6.07, 6.45) is 4.63. The number of hydrogen-bond acceptors (Lipinski definition) is 3. The Morgan fingerprint density at radius 3 is 2.20 bits per heavy atom. The number of likely N-dealkylation sites (tertiary alicyclic amines) is 2. The van der Waals surface area contributed by atoms with Gasteiger partial charge in [-0.25, -0.2) is 4.39 Å². The monoisotopic (exact) mass is 417 g/mol. The van der Waals surface area contributed by atoms with Crippen molar-refractivity contribution in [3.63, 3.8) is 0 Å². The Balaban J connectivity index is 1.51. The van der Waals surface area contributed by atoms with Crippen molar-refractivity contribution in [1.29, 1.82) is 0 Å². The number of carbonyl (C=O) groups excluding carboxylic acids is 2. The summed E-state index contributed by atoms with van der Waals surface area (Å²) >= 11 is 0. The minimum Gasteiger partial charge on any atom is -0.341 e. The fourth-order valence-electron chi connectivity index (χ4n) is 4.48. The average Bonchev–Trinajstić information content (AvgIpc) is 2.74. The Morgan fingerprint density at radius 1 is 1.03 bits per heavy atom.